The molecule has 0 spiro atoms. The van der Waals surface area contributed by atoms with Crippen molar-refractivity contribution >= 4 is 3.21 Å². The van der Waals surface area contributed by atoms with E-state index in [-0.39, 0.29) is 24.8 Å². The van der Waals surface area contributed by atoms with E-state index in [0.717, 1.165) is 19.3 Å². The summed E-state index contributed by atoms with van der Waals surface area (Å²) in [4.78, 5) is 0. The molecule has 6 aromatic carbocycles. The first-order valence-corrected chi connectivity index (χ1v) is 20.2. The minimum atomic E-state index is -2.81. The van der Waals surface area contributed by atoms with Gasteiger partial charge in [-0.2, -0.15) is 0 Å². The number of allylic oxidation sites excluding steroid dienone is 4. The molecule has 0 N–H and O–H groups in total. The topological polar surface area (TPSA) is 0 Å². The van der Waals surface area contributed by atoms with Crippen molar-refractivity contribution in [3.8, 4) is 11.1 Å². The van der Waals surface area contributed by atoms with Crippen molar-refractivity contribution in [1.29, 1.82) is 0 Å². The Morgan fingerprint density at radius 2 is 0.896 bits per heavy atom. The van der Waals surface area contributed by atoms with Gasteiger partial charge in [-0.25, -0.2) is 0 Å². The van der Waals surface area contributed by atoms with Gasteiger partial charge in [0.25, 0.3) is 0 Å². The van der Waals surface area contributed by atoms with Crippen LogP contribution in [0.2, 0.25) is 0 Å². The standard InChI is InChI=1S/C19H17.C13H9.C13H10.2ClH.Zr/c1-3-8-16(9-4-1)14-18-12-7-13-19(18)15-17-10-5-2-6-11-17;1-3-7-12-10(5-1)9-11-6-2-4-8-13(11)12;1-3-7-12(8-4-1)11-13-9-5-2-6-10-13;;;/h1-6,8-12H,13-15H2;1-9H;1-10H;2*1H;/q;;;;;+2/p-2. The molecule has 0 unspecified atom stereocenters. The zero-order valence-electron chi connectivity index (χ0n) is 26.7. The van der Waals surface area contributed by atoms with E-state index in [0.29, 0.717) is 3.63 Å². The molecule has 0 amide bonds. The van der Waals surface area contributed by atoms with Crippen molar-refractivity contribution in [2.45, 2.75) is 22.9 Å². The van der Waals surface area contributed by atoms with Crippen LogP contribution in [0.4, 0.5) is 0 Å². The maximum atomic E-state index is 2.68. The van der Waals surface area contributed by atoms with Crippen LogP contribution in [0, 0.1) is 0 Å². The Balaban J connectivity index is 0.00000201. The van der Waals surface area contributed by atoms with Crippen molar-refractivity contribution in [1.82, 2.24) is 0 Å². The maximum absolute atomic E-state index is 2.81. The number of hydrogen-bond acceptors (Lipinski definition) is 0. The Bertz CT molecular complexity index is 2010. The molecule has 0 heterocycles. The van der Waals surface area contributed by atoms with Gasteiger partial charge in [-0.3, -0.25) is 0 Å². The van der Waals surface area contributed by atoms with Crippen molar-refractivity contribution in [2.75, 3.05) is 0 Å². The molecule has 6 aromatic rings. The predicted octanol–water partition coefficient (Wildman–Crippen LogP) is 4.72. The van der Waals surface area contributed by atoms with Gasteiger partial charge in [0.05, 0.1) is 0 Å². The van der Waals surface area contributed by atoms with Crippen LogP contribution < -0.4 is 24.8 Å². The van der Waals surface area contributed by atoms with Gasteiger partial charge >= 0.3 is 282 Å². The second-order valence-electron chi connectivity index (χ2n) is 12.4. The number of hydrogen-bond donors (Lipinski definition) is 0. The molecule has 0 aliphatic heterocycles. The predicted molar refractivity (Wildman–Crippen MR) is 190 cm³/mol. The van der Waals surface area contributed by atoms with Crippen LogP contribution in [0.1, 0.15) is 43.4 Å². The third kappa shape index (κ3) is 6.83. The molecular weight excluding hydrogens is 703 g/mol. The molecule has 0 aromatic heterocycles. The SMILES string of the molecule is C1=[C]([Zr+2](=[C](c2ccccc2)c2ccccc2)[CH]2c3ccccc3-c3ccccc32)CC(Cc2ccccc2)=C1Cc1ccccc1.[Cl-].[Cl-]. The van der Waals surface area contributed by atoms with Gasteiger partial charge < -0.3 is 24.8 Å². The zero-order chi connectivity index (χ0) is 30.7. The Morgan fingerprint density at radius 3 is 1.40 bits per heavy atom. The fourth-order valence-electron chi connectivity index (χ4n) is 7.53. The molecule has 2 aliphatic rings. The fourth-order valence-corrected chi connectivity index (χ4v) is 16.9. The third-order valence-corrected chi connectivity index (χ3v) is 17.7. The first-order valence-electron chi connectivity index (χ1n) is 16.4. The molecule has 8 rings (SSSR count). The van der Waals surface area contributed by atoms with Crippen LogP contribution in [0.3, 0.4) is 0 Å². The molecule has 0 fully saturated rings. The van der Waals surface area contributed by atoms with Gasteiger partial charge in [0.2, 0.25) is 0 Å². The van der Waals surface area contributed by atoms with Gasteiger partial charge in [0.1, 0.15) is 0 Å². The van der Waals surface area contributed by atoms with Gasteiger partial charge in [-0.05, 0) is 0 Å². The van der Waals surface area contributed by atoms with E-state index in [1.165, 1.54) is 50.1 Å². The Morgan fingerprint density at radius 1 is 0.479 bits per heavy atom. The molecule has 0 bridgehead atoms. The van der Waals surface area contributed by atoms with Crippen LogP contribution in [0.15, 0.2) is 190 Å². The fraction of sp³-hybridized carbons (Fsp3) is 0.0889. The van der Waals surface area contributed by atoms with E-state index in [9.17, 15) is 0 Å². The summed E-state index contributed by atoms with van der Waals surface area (Å²) < 4.78 is 3.72. The van der Waals surface area contributed by atoms with Gasteiger partial charge in [0, 0.05) is 0 Å². The third-order valence-electron chi connectivity index (χ3n) is 9.57. The number of benzene rings is 6. The van der Waals surface area contributed by atoms with E-state index in [4.69, 9.17) is 0 Å². The first kappa shape index (κ1) is 34.0. The molecule has 234 valence electrons. The molecular formula is C45H36Cl2Zr. The van der Waals surface area contributed by atoms with Gasteiger partial charge in [-0.15, -0.1) is 0 Å². The molecule has 0 nitrogen and oxygen atoms in total. The van der Waals surface area contributed by atoms with Crippen molar-refractivity contribution in [2.24, 2.45) is 0 Å². The summed E-state index contributed by atoms with van der Waals surface area (Å²) in [6.45, 7) is 0. The van der Waals surface area contributed by atoms with Crippen LogP contribution >= 0.6 is 0 Å². The quantitative estimate of drug-likeness (QED) is 0.212. The van der Waals surface area contributed by atoms with Gasteiger partial charge in [-0.1, -0.05) is 0 Å². The maximum Gasteiger partial charge on any atom is -1.00 e. The molecule has 0 radical (unpaired) electrons. The zero-order valence-corrected chi connectivity index (χ0v) is 30.7. The summed E-state index contributed by atoms with van der Waals surface area (Å²) in [5.41, 5.74) is 14.5. The van der Waals surface area contributed by atoms with Crippen molar-refractivity contribution < 1.29 is 46.1 Å². The Labute approximate surface area is 304 Å². The molecule has 0 saturated carbocycles. The molecule has 0 atom stereocenters. The summed E-state index contributed by atoms with van der Waals surface area (Å²) in [6, 6.07) is 63.2. The molecule has 2 aliphatic carbocycles. The van der Waals surface area contributed by atoms with E-state index in [2.05, 4.69) is 176 Å². The van der Waals surface area contributed by atoms with E-state index >= 15 is 0 Å². The minimum absolute atomic E-state index is 0. The van der Waals surface area contributed by atoms with Crippen LogP contribution in [-0.4, -0.2) is 3.21 Å². The molecule has 48 heavy (non-hydrogen) atoms. The smallest absolute Gasteiger partial charge is 1.00 e. The van der Waals surface area contributed by atoms with Crippen molar-refractivity contribution in [3.05, 3.63) is 224 Å². The van der Waals surface area contributed by atoms with Crippen LogP contribution in [-0.2, 0) is 34.1 Å². The summed E-state index contributed by atoms with van der Waals surface area (Å²) in [5, 5.41) is 0. The van der Waals surface area contributed by atoms with E-state index in [1.807, 2.05) is 0 Å². The van der Waals surface area contributed by atoms with Crippen LogP contribution in [0.25, 0.3) is 11.1 Å². The monoisotopic (exact) mass is 736 g/mol. The average molecular weight is 739 g/mol. The summed E-state index contributed by atoms with van der Waals surface area (Å²) >= 11 is -2.81. The molecule has 3 heteroatoms. The molecule has 0 saturated heterocycles. The minimum Gasteiger partial charge on any atom is -1.00 e. The number of rotatable bonds is 8. The Kier molecular flexibility index (Phi) is 11.0. The summed E-state index contributed by atoms with van der Waals surface area (Å²) in [5.74, 6) is 0. The van der Waals surface area contributed by atoms with Gasteiger partial charge in [0.15, 0.2) is 0 Å². The number of halogens is 2. The second kappa shape index (κ2) is 15.6. The first-order chi connectivity index (χ1) is 22.8. The summed E-state index contributed by atoms with van der Waals surface area (Å²) in [6.07, 6.45) is 5.72. The largest absolute Gasteiger partial charge is 1.00 e. The Hall–Kier alpha value is -3.87. The van der Waals surface area contributed by atoms with E-state index in [1.54, 1.807) is 12.1 Å². The van der Waals surface area contributed by atoms with Crippen molar-refractivity contribution in [3.63, 3.8) is 0 Å². The van der Waals surface area contributed by atoms with E-state index < -0.39 is 21.3 Å². The average Bonchev–Trinajstić information content (AvgIpc) is 3.67. The number of fused-ring (bicyclic) bond motifs is 3. The second-order valence-corrected chi connectivity index (χ2v) is 18.7. The summed E-state index contributed by atoms with van der Waals surface area (Å²) in [7, 11) is 0. The van der Waals surface area contributed by atoms with Crippen LogP contribution in [0.5, 0.6) is 0 Å². The normalized spacial score (nSPS) is 12.9.